The Morgan fingerprint density at radius 1 is 1.58 bits per heavy atom. The SMILES string of the molecule is CN=NC(C)c1ccnc(Cl)c1. The predicted octanol–water partition coefficient (Wildman–Crippen LogP) is 2.88. The molecule has 0 amide bonds. The highest BCUT2D eigenvalue weighted by Gasteiger charge is 2.02. The van der Waals surface area contributed by atoms with Crippen LogP contribution in [0.2, 0.25) is 5.15 Å². The number of hydrogen-bond acceptors (Lipinski definition) is 3. The lowest BCUT2D eigenvalue weighted by Gasteiger charge is -2.03. The van der Waals surface area contributed by atoms with Crippen molar-refractivity contribution in [1.82, 2.24) is 4.98 Å². The highest BCUT2D eigenvalue weighted by atomic mass is 35.5. The van der Waals surface area contributed by atoms with Gasteiger partial charge in [0.2, 0.25) is 0 Å². The normalized spacial score (nSPS) is 13.6. The molecule has 64 valence electrons. The predicted molar refractivity (Wildman–Crippen MR) is 48.4 cm³/mol. The van der Waals surface area contributed by atoms with Gasteiger partial charge in [0.25, 0.3) is 0 Å². The number of rotatable bonds is 2. The first-order valence-corrected chi connectivity index (χ1v) is 4.02. The second-order valence-electron chi connectivity index (χ2n) is 2.40. The molecule has 0 bridgehead atoms. The van der Waals surface area contributed by atoms with Crippen LogP contribution in [0.25, 0.3) is 0 Å². The van der Waals surface area contributed by atoms with Crippen LogP contribution in [0.4, 0.5) is 0 Å². The molecule has 4 heteroatoms. The van der Waals surface area contributed by atoms with Gasteiger partial charge in [0.15, 0.2) is 0 Å². The first-order valence-electron chi connectivity index (χ1n) is 3.64. The van der Waals surface area contributed by atoms with Crippen molar-refractivity contribution in [3.05, 3.63) is 29.0 Å². The Kier molecular flexibility index (Phi) is 3.17. The lowest BCUT2D eigenvalue weighted by atomic mass is 10.1. The van der Waals surface area contributed by atoms with Gasteiger partial charge in [-0.3, -0.25) is 0 Å². The summed E-state index contributed by atoms with van der Waals surface area (Å²) in [5.74, 6) is 0. The second kappa shape index (κ2) is 4.16. The summed E-state index contributed by atoms with van der Waals surface area (Å²) in [6.07, 6.45) is 1.67. The van der Waals surface area contributed by atoms with E-state index in [2.05, 4.69) is 15.2 Å². The average molecular weight is 184 g/mol. The van der Waals surface area contributed by atoms with Crippen molar-refractivity contribution >= 4 is 11.6 Å². The van der Waals surface area contributed by atoms with Crippen LogP contribution in [0.3, 0.4) is 0 Å². The standard InChI is InChI=1S/C8H10ClN3/c1-6(12-10-2)7-3-4-11-8(9)5-7/h3-6H,1-2H3. The molecular formula is C8H10ClN3. The molecule has 0 aliphatic heterocycles. The summed E-state index contributed by atoms with van der Waals surface area (Å²) in [5.41, 5.74) is 1.03. The van der Waals surface area contributed by atoms with Gasteiger partial charge in [-0.25, -0.2) is 4.98 Å². The van der Waals surface area contributed by atoms with Gasteiger partial charge in [-0.05, 0) is 24.6 Å². The Hall–Kier alpha value is -0.960. The van der Waals surface area contributed by atoms with Crippen LogP contribution in [0.15, 0.2) is 28.6 Å². The summed E-state index contributed by atoms with van der Waals surface area (Å²) in [5, 5.41) is 8.17. The van der Waals surface area contributed by atoms with E-state index in [1.807, 2.05) is 13.0 Å². The number of hydrogen-bond donors (Lipinski definition) is 0. The summed E-state index contributed by atoms with van der Waals surface area (Å²) in [6.45, 7) is 1.96. The van der Waals surface area contributed by atoms with Crippen LogP contribution >= 0.6 is 11.6 Å². The van der Waals surface area contributed by atoms with Gasteiger partial charge in [-0.15, -0.1) is 0 Å². The van der Waals surface area contributed by atoms with Gasteiger partial charge in [0, 0.05) is 13.2 Å². The second-order valence-corrected chi connectivity index (χ2v) is 2.79. The Bertz CT molecular complexity index is 285. The number of halogens is 1. The van der Waals surface area contributed by atoms with E-state index in [0.717, 1.165) is 5.56 Å². The molecule has 1 aromatic heterocycles. The molecule has 0 spiro atoms. The third-order valence-electron chi connectivity index (χ3n) is 1.52. The summed E-state index contributed by atoms with van der Waals surface area (Å²) in [6, 6.07) is 3.72. The molecule has 1 rings (SSSR count). The Balaban J connectivity index is 2.87. The molecule has 1 atom stereocenters. The Morgan fingerprint density at radius 2 is 2.33 bits per heavy atom. The van der Waals surface area contributed by atoms with Gasteiger partial charge >= 0.3 is 0 Å². The lowest BCUT2D eigenvalue weighted by molar-refractivity contribution is 0.751. The number of nitrogens with zero attached hydrogens (tertiary/aromatic N) is 3. The van der Waals surface area contributed by atoms with Crippen LogP contribution in [-0.2, 0) is 0 Å². The fraction of sp³-hybridized carbons (Fsp3) is 0.375. The van der Waals surface area contributed by atoms with Crippen LogP contribution in [0.5, 0.6) is 0 Å². The highest BCUT2D eigenvalue weighted by Crippen LogP contribution is 2.18. The molecule has 0 aliphatic rings. The molecule has 12 heavy (non-hydrogen) atoms. The third-order valence-corrected chi connectivity index (χ3v) is 1.73. The van der Waals surface area contributed by atoms with Gasteiger partial charge < -0.3 is 0 Å². The van der Waals surface area contributed by atoms with Crippen LogP contribution in [0, 0.1) is 0 Å². The van der Waals surface area contributed by atoms with Crippen molar-refractivity contribution in [2.24, 2.45) is 10.2 Å². The van der Waals surface area contributed by atoms with Crippen molar-refractivity contribution in [2.75, 3.05) is 7.05 Å². The van der Waals surface area contributed by atoms with Gasteiger partial charge in [0.05, 0.1) is 6.04 Å². The van der Waals surface area contributed by atoms with Crippen molar-refractivity contribution in [3.8, 4) is 0 Å². The summed E-state index contributed by atoms with van der Waals surface area (Å²) in [4.78, 5) is 3.88. The maximum absolute atomic E-state index is 5.71. The van der Waals surface area contributed by atoms with Crippen LogP contribution in [-0.4, -0.2) is 12.0 Å². The van der Waals surface area contributed by atoms with E-state index in [-0.39, 0.29) is 6.04 Å². The Morgan fingerprint density at radius 3 is 2.92 bits per heavy atom. The monoisotopic (exact) mass is 183 g/mol. The third kappa shape index (κ3) is 2.27. The van der Waals surface area contributed by atoms with E-state index in [4.69, 9.17) is 11.6 Å². The van der Waals surface area contributed by atoms with Crippen molar-refractivity contribution in [2.45, 2.75) is 13.0 Å². The molecule has 0 saturated heterocycles. The largest absolute Gasteiger partial charge is 0.245 e. The number of pyridine rings is 1. The first kappa shape index (κ1) is 9.13. The fourth-order valence-electron chi connectivity index (χ4n) is 0.917. The van der Waals surface area contributed by atoms with E-state index < -0.39 is 0 Å². The van der Waals surface area contributed by atoms with E-state index in [1.165, 1.54) is 0 Å². The quantitative estimate of drug-likeness (QED) is 0.513. The van der Waals surface area contributed by atoms with Crippen molar-refractivity contribution in [3.63, 3.8) is 0 Å². The van der Waals surface area contributed by atoms with Gasteiger partial charge in [-0.1, -0.05) is 11.6 Å². The molecule has 0 N–H and O–H groups in total. The molecule has 1 aromatic rings. The molecule has 0 aliphatic carbocycles. The minimum Gasteiger partial charge on any atom is -0.245 e. The molecule has 0 aromatic carbocycles. The van der Waals surface area contributed by atoms with E-state index in [1.54, 1.807) is 19.3 Å². The maximum atomic E-state index is 5.71. The van der Waals surface area contributed by atoms with Crippen molar-refractivity contribution < 1.29 is 0 Å². The molecule has 0 saturated carbocycles. The lowest BCUT2D eigenvalue weighted by Crippen LogP contribution is -1.89. The zero-order chi connectivity index (χ0) is 8.97. The first-order chi connectivity index (χ1) is 5.74. The summed E-state index contributed by atoms with van der Waals surface area (Å²) >= 11 is 5.71. The molecule has 0 fully saturated rings. The summed E-state index contributed by atoms with van der Waals surface area (Å²) < 4.78 is 0. The molecule has 0 radical (unpaired) electrons. The zero-order valence-electron chi connectivity index (χ0n) is 7.03. The fourth-order valence-corrected chi connectivity index (χ4v) is 1.10. The van der Waals surface area contributed by atoms with E-state index in [9.17, 15) is 0 Å². The van der Waals surface area contributed by atoms with Gasteiger partial charge in [-0.2, -0.15) is 10.2 Å². The topological polar surface area (TPSA) is 37.6 Å². The van der Waals surface area contributed by atoms with E-state index in [0.29, 0.717) is 5.15 Å². The molecule has 1 unspecified atom stereocenters. The zero-order valence-corrected chi connectivity index (χ0v) is 7.78. The van der Waals surface area contributed by atoms with Crippen LogP contribution in [0.1, 0.15) is 18.5 Å². The van der Waals surface area contributed by atoms with Crippen molar-refractivity contribution in [1.29, 1.82) is 0 Å². The highest BCUT2D eigenvalue weighted by molar-refractivity contribution is 6.29. The molecule has 1 heterocycles. The number of aromatic nitrogens is 1. The summed E-state index contributed by atoms with van der Waals surface area (Å²) in [7, 11) is 1.65. The van der Waals surface area contributed by atoms with Crippen LogP contribution < -0.4 is 0 Å². The smallest absolute Gasteiger partial charge is 0.129 e. The molecule has 3 nitrogen and oxygen atoms in total. The Labute approximate surface area is 76.5 Å². The van der Waals surface area contributed by atoms with E-state index >= 15 is 0 Å². The average Bonchev–Trinajstić information content (AvgIpc) is 2.05. The molecular weight excluding hydrogens is 174 g/mol. The number of azo groups is 1. The maximum Gasteiger partial charge on any atom is 0.129 e. The van der Waals surface area contributed by atoms with Gasteiger partial charge in [0.1, 0.15) is 5.15 Å². The minimum atomic E-state index is 0.0514. The minimum absolute atomic E-state index is 0.0514.